The minimum atomic E-state index is -2.86. The fourth-order valence-electron chi connectivity index (χ4n) is 12.6. The molecule has 0 heterocycles. The summed E-state index contributed by atoms with van der Waals surface area (Å²) in [6.45, 7) is 61.6. The van der Waals surface area contributed by atoms with Crippen LogP contribution in [0.3, 0.4) is 0 Å². The van der Waals surface area contributed by atoms with Crippen molar-refractivity contribution >= 4 is 134 Å². The average molecular weight is 1480 g/mol. The van der Waals surface area contributed by atoms with Crippen LogP contribution in [0.1, 0.15) is 117 Å². The summed E-state index contributed by atoms with van der Waals surface area (Å²) < 4.78 is 69.8. The third-order valence-corrected chi connectivity index (χ3v) is 62.4. The molecule has 0 saturated heterocycles. The molecule has 0 aliphatic heterocycles. The smallest absolute Gasteiger partial charge is 0.315 e. The largest absolute Gasteiger partial charge is 0.481 e. The van der Waals surface area contributed by atoms with Gasteiger partial charge < -0.3 is 62.0 Å². The molecule has 0 saturated carbocycles. The molecular weight excluding hydrogens is 1350 g/mol. The van der Waals surface area contributed by atoms with Crippen molar-refractivity contribution < 1.29 is 70.5 Å². The van der Waals surface area contributed by atoms with Gasteiger partial charge in [-0.05, 0) is 232 Å². The van der Waals surface area contributed by atoms with Crippen LogP contribution in [0, 0.1) is 11.8 Å². The molecular formula is C58H138N2O16Si13. The van der Waals surface area contributed by atoms with E-state index < -0.39 is 134 Å². The third-order valence-electron chi connectivity index (χ3n) is 14.4. The number of rotatable bonds is 52. The minimum absolute atomic E-state index is 0.250. The van der Waals surface area contributed by atoms with Gasteiger partial charge in [-0.1, -0.05) is 78.1 Å². The number of carboxylic acid groups (broad SMARTS) is 2. The van der Waals surface area contributed by atoms with E-state index >= 15 is 0 Å². The number of carbonyl (C=O) groups excluding carboxylic acids is 2. The molecule has 0 spiro atoms. The summed E-state index contributed by atoms with van der Waals surface area (Å²) >= 11 is 0. The summed E-state index contributed by atoms with van der Waals surface area (Å²) in [6.07, 6.45) is 12.0. The fraction of sp³-hybridized carbons (Fsp3) is 0.931. The van der Waals surface area contributed by atoms with Gasteiger partial charge in [0.05, 0.1) is 12.8 Å². The van der Waals surface area contributed by atoms with Gasteiger partial charge in [-0.15, -0.1) is 0 Å². The predicted octanol–water partition coefficient (Wildman–Crippen LogP) is 17.2. The molecule has 89 heavy (non-hydrogen) atoms. The highest BCUT2D eigenvalue weighted by atomic mass is 28.5. The molecule has 0 radical (unpaired) electrons. The number of carbonyl (C=O) groups is 4. The van der Waals surface area contributed by atoms with Crippen molar-refractivity contribution in [1.82, 2.24) is 10.6 Å². The summed E-state index contributed by atoms with van der Waals surface area (Å²) in [5.41, 5.74) is 0. The first-order valence-corrected chi connectivity index (χ1v) is 72.4. The van der Waals surface area contributed by atoms with Gasteiger partial charge in [-0.25, -0.2) is 0 Å². The second-order valence-electron chi connectivity index (χ2n) is 32.5. The minimum Gasteiger partial charge on any atom is -0.481 e. The van der Waals surface area contributed by atoms with E-state index in [9.17, 15) is 29.4 Å². The number of unbranched alkanes of at least 4 members (excludes halogenated alkanes) is 6. The maximum atomic E-state index is 13.7. The normalized spacial score (nSPS) is 17.0. The fourth-order valence-corrected chi connectivity index (χ4v) is 74.0. The Morgan fingerprint density at radius 2 is 0.562 bits per heavy atom. The molecule has 0 aromatic rings. The number of hydrogen-bond acceptors (Lipinski definition) is 14. The maximum Gasteiger partial charge on any atom is 0.315 e. The zero-order valence-corrected chi connectivity index (χ0v) is 75.2. The molecule has 0 rings (SSSR count). The van der Waals surface area contributed by atoms with E-state index in [0.717, 1.165) is 49.9 Å². The molecule has 0 aliphatic carbocycles. The van der Waals surface area contributed by atoms with Crippen molar-refractivity contribution in [3.63, 3.8) is 0 Å². The molecule has 2 amide bonds. The molecule has 528 valence electrons. The molecule has 18 nitrogen and oxygen atoms in total. The van der Waals surface area contributed by atoms with Gasteiger partial charge in [0.15, 0.2) is 49.9 Å². The van der Waals surface area contributed by atoms with E-state index in [0.29, 0.717) is 63.7 Å². The maximum absolute atomic E-state index is 13.7. The number of amides is 2. The van der Waals surface area contributed by atoms with Crippen LogP contribution in [0.5, 0.6) is 0 Å². The van der Waals surface area contributed by atoms with Crippen molar-refractivity contribution in [3.05, 3.63) is 0 Å². The van der Waals surface area contributed by atoms with E-state index in [4.69, 9.17) is 41.2 Å². The Bertz CT molecular complexity index is 1970. The highest BCUT2D eigenvalue weighted by molar-refractivity contribution is 6.92. The van der Waals surface area contributed by atoms with Crippen LogP contribution in [0.2, 0.25) is 206 Å². The van der Waals surface area contributed by atoms with E-state index in [1.807, 2.05) is 0 Å². The summed E-state index contributed by atoms with van der Waals surface area (Å²) in [4.78, 5) is 51.8. The quantitative estimate of drug-likeness (QED) is 0.0328. The molecule has 6 unspecified atom stereocenters. The van der Waals surface area contributed by atoms with Crippen LogP contribution >= 0.6 is 0 Å². The standard InChI is InChI=1S/C58H138N2O16Si13/c1-29-31-33-35-47-86(25,67-77(3,4)5)73-84(21,22)75-88(27,69-79(9,10)11)49-37-41-53(51-55(61)62)57(65)59-43-39-45-81(15,16)71-83(19,20)72-82(17,18)46-40-44-60-58(66)54(52-56(63)64)42-38-50-89(28,70-80(12,13)14)76-85(23,24)74-87(26,68-78(6,7)8)48-36-34-32-30-2/h53-54H,29-52H2,1-28H3,(H,59,65)(H,60,66)(H,61,62)(H,63,64). The summed E-state index contributed by atoms with van der Waals surface area (Å²) in [5, 5.41) is 26.0. The topological polar surface area (TPSA) is 225 Å². The van der Waals surface area contributed by atoms with Crippen LogP contribution < -0.4 is 10.6 Å². The van der Waals surface area contributed by atoms with Crippen LogP contribution in [-0.4, -0.2) is 157 Å². The molecule has 0 bridgehead atoms. The predicted molar refractivity (Wildman–Crippen MR) is 400 cm³/mol. The van der Waals surface area contributed by atoms with Gasteiger partial charge in [0.1, 0.15) is 0 Å². The lowest BCUT2D eigenvalue weighted by molar-refractivity contribution is -0.141. The second kappa shape index (κ2) is 38.4. The molecule has 0 fully saturated rings. The lowest BCUT2D eigenvalue weighted by atomic mass is 9.99. The number of hydrogen-bond donors (Lipinski definition) is 4. The Morgan fingerprint density at radius 1 is 0.315 bits per heavy atom. The lowest BCUT2D eigenvalue weighted by Gasteiger charge is -2.44. The average Bonchev–Trinajstić information content (AvgIpc) is 1.15. The molecule has 0 aromatic carbocycles. The first kappa shape index (κ1) is 89.3. The van der Waals surface area contributed by atoms with E-state index in [2.05, 4.69) is 195 Å². The van der Waals surface area contributed by atoms with E-state index in [1.54, 1.807) is 0 Å². The Kier molecular flexibility index (Phi) is 38.6. The summed E-state index contributed by atoms with van der Waals surface area (Å²) in [7, 11) is -31.6. The highest BCUT2D eigenvalue weighted by Gasteiger charge is 2.50. The van der Waals surface area contributed by atoms with Gasteiger partial charge >= 0.3 is 71.9 Å². The Hall–Kier alpha value is 0.299. The van der Waals surface area contributed by atoms with Crippen molar-refractivity contribution in [2.24, 2.45) is 11.8 Å². The SMILES string of the molecule is CCCCCC[Si](C)(O[Si](C)(C)C)O[Si](C)(C)O[Si](C)(CCCC(CC(=O)O)C(=O)NCCC[Si](C)(C)O[Si](C)(C)O[Si](C)(C)CCCNC(=O)C(CCC[Si](C)(O[Si](C)(C)C)O[Si](C)(C)O[Si](C)(CCCCCC)O[Si](C)(C)C)CC(=O)O)O[Si](C)(C)C. The summed E-state index contributed by atoms with van der Waals surface area (Å²) in [6, 6.07) is 4.66. The first-order valence-electron chi connectivity index (χ1n) is 34.0. The molecule has 4 N–H and O–H groups in total. The van der Waals surface area contributed by atoms with Gasteiger partial charge in [0, 0.05) is 24.9 Å². The van der Waals surface area contributed by atoms with Crippen LogP contribution in [0.15, 0.2) is 0 Å². The van der Waals surface area contributed by atoms with E-state index in [-0.39, 0.29) is 24.7 Å². The molecule has 31 heteroatoms. The van der Waals surface area contributed by atoms with Crippen molar-refractivity contribution in [2.75, 3.05) is 13.1 Å². The van der Waals surface area contributed by atoms with Gasteiger partial charge in [-0.2, -0.15) is 0 Å². The second-order valence-corrected chi connectivity index (χ2v) is 85.1. The molecule has 6 atom stereocenters. The third kappa shape index (κ3) is 45.4. The zero-order chi connectivity index (χ0) is 69.4. The van der Waals surface area contributed by atoms with Crippen LogP contribution in [-0.2, 0) is 60.3 Å². The molecule has 0 aromatic heterocycles. The van der Waals surface area contributed by atoms with Crippen LogP contribution in [0.4, 0.5) is 0 Å². The van der Waals surface area contributed by atoms with Gasteiger partial charge in [0.2, 0.25) is 11.8 Å². The molecule has 0 aliphatic rings. The Morgan fingerprint density at radius 3 is 0.798 bits per heavy atom. The lowest BCUT2D eigenvalue weighted by Crippen LogP contribution is -2.59. The Labute approximate surface area is 558 Å². The number of nitrogens with one attached hydrogen (secondary N) is 2. The van der Waals surface area contributed by atoms with Gasteiger partial charge in [0.25, 0.3) is 0 Å². The van der Waals surface area contributed by atoms with E-state index in [1.165, 1.54) is 25.7 Å². The van der Waals surface area contributed by atoms with Crippen molar-refractivity contribution in [2.45, 2.75) is 323 Å². The monoisotopic (exact) mass is 1480 g/mol. The van der Waals surface area contributed by atoms with Crippen molar-refractivity contribution in [1.29, 1.82) is 0 Å². The number of aliphatic carboxylic acids is 2. The Balaban J connectivity index is 5.70. The highest BCUT2D eigenvalue weighted by Crippen LogP contribution is 2.35. The van der Waals surface area contributed by atoms with Gasteiger partial charge in [-0.3, -0.25) is 19.2 Å². The first-order chi connectivity index (χ1) is 40.0. The van der Waals surface area contributed by atoms with Crippen LogP contribution in [0.25, 0.3) is 0 Å². The zero-order valence-electron chi connectivity index (χ0n) is 62.2. The van der Waals surface area contributed by atoms with Crippen molar-refractivity contribution in [3.8, 4) is 0 Å². The summed E-state index contributed by atoms with van der Waals surface area (Å²) in [5.74, 6) is -3.89. The number of carboxylic acids is 2.